The predicted octanol–water partition coefficient (Wildman–Crippen LogP) is 1.55. The second-order valence-electron chi connectivity index (χ2n) is 4.12. The highest BCUT2D eigenvalue weighted by Crippen LogP contribution is 2.13. The van der Waals surface area contributed by atoms with Crippen LogP contribution in [-0.2, 0) is 13.6 Å². The van der Waals surface area contributed by atoms with Gasteiger partial charge < -0.3 is 14.5 Å². The number of hydrogen-bond acceptors (Lipinski definition) is 2. The van der Waals surface area contributed by atoms with Crippen LogP contribution in [0.2, 0.25) is 0 Å². The number of nitrogens with zero attached hydrogens (tertiary/aromatic N) is 3. The topological polar surface area (TPSA) is 34.8 Å². The van der Waals surface area contributed by atoms with Gasteiger partial charge in [-0.25, -0.2) is 4.98 Å². The summed E-state index contributed by atoms with van der Waals surface area (Å²) in [6.45, 7) is 3.02. The maximum atomic E-state index is 4.11. The Hall–Kier alpha value is -1.55. The van der Waals surface area contributed by atoms with Crippen LogP contribution in [-0.4, -0.2) is 21.2 Å². The van der Waals surface area contributed by atoms with Crippen molar-refractivity contribution >= 4 is 0 Å². The molecule has 2 rings (SSSR count). The summed E-state index contributed by atoms with van der Waals surface area (Å²) in [5, 5.41) is 3.23. The summed E-state index contributed by atoms with van der Waals surface area (Å²) < 4.78 is 4.22. The smallest absolute Gasteiger partial charge is 0.0946 e. The van der Waals surface area contributed by atoms with Crippen LogP contribution in [0.15, 0.2) is 31.0 Å². The number of imidazole rings is 1. The summed E-state index contributed by atoms with van der Waals surface area (Å²) in [5.74, 6) is 0. The number of aromatic nitrogens is 3. The van der Waals surface area contributed by atoms with E-state index in [2.05, 4.69) is 40.3 Å². The molecule has 4 heteroatoms. The van der Waals surface area contributed by atoms with Crippen LogP contribution in [0.4, 0.5) is 0 Å². The Labute approximate surface area is 95.9 Å². The first-order chi connectivity index (χ1) is 7.70. The van der Waals surface area contributed by atoms with Crippen molar-refractivity contribution in [1.82, 2.24) is 19.4 Å². The van der Waals surface area contributed by atoms with Gasteiger partial charge in [0.05, 0.1) is 18.6 Å². The molecule has 0 amide bonds. The SMILES string of the molecule is CNC(C)c1ccn(Cc2cncn2C)c1. The Morgan fingerprint density at radius 1 is 1.50 bits per heavy atom. The summed E-state index contributed by atoms with van der Waals surface area (Å²) in [6.07, 6.45) is 8.02. The standard InChI is InChI=1S/C12H18N4/c1-10(13-2)11-4-5-16(7-11)8-12-6-14-9-15(12)3/h4-7,9-10,13H,8H2,1-3H3. The molecular formula is C12H18N4. The minimum Gasteiger partial charge on any atom is -0.348 e. The largest absolute Gasteiger partial charge is 0.348 e. The zero-order chi connectivity index (χ0) is 11.5. The highest BCUT2D eigenvalue weighted by molar-refractivity contribution is 5.15. The molecule has 4 nitrogen and oxygen atoms in total. The van der Waals surface area contributed by atoms with Crippen molar-refractivity contribution in [2.75, 3.05) is 7.05 Å². The molecule has 0 bridgehead atoms. The van der Waals surface area contributed by atoms with E-state index in [0.29, 0.717) is 6.04 Å². The molecule has 0 aliphatic rings. The first-order valence-corrected chi connectivity index (χ1v) is 5.49. The van der Waals surface area contributed by atoms with Gasteiger partial charge in [-0.05, 0) is 25.6 Å². The summed E-state index contributed by atoms with van der Waals surface area (Å²) in [7, 11) is 3.99. The second-order valence-corrected chi connectivity index (χ2v) is 4.12. The molecule has 2 aromatic heterocycles. The van der Waals surface area contributed by atoms with Gasteiger partial charge in [0.2, 0.25) is 0 Å². The Balaban J connectivity index is 2.11. The molecule has 0 aliphatic carbocycles. The van der Waals surface area contributed by atoms with Crippen molar-refractivity contribution in [3.63, 3.8) is 0 Å². The van der Waals surface area contributed by atoms with Gasteiger partial charge in [-0.2, -0.15) is 0 Å². The Morgan fingerprint density at radius 2 is 2.31 bits per heavy atom. The molecule has 0 spiro atoms. The van der Waals surface area contributed by atoms with Crippen molar-refractivity contribution in [3.8, 4) is 0 Å². The van der Waals surface area contributed by atoms with Crippen molar-refractivity contribution in [2.24, 2.45) is 7.05 Å². The molecule has 0 aromatic carbocycles. The number of hydrogen-bond donors (Lipinski definition) is 1. The van der Waals surface area contributed by atoms with Gasteiger partial charge >= 0.3 is 0 Å². The van der Waals surface area contributed by atoms with Crippen LogP contribution < -0.4 is 5.32 Å². The van der Waals surface area contributed by atoms with E-state index in [1.54, 1.807) is 0 Å². The fraction of sp³-hybridized carbons (Fsp3) is 0.417. The number of nitrogens with one attached hydrogen (secondary N) is 1. The van der Waals surface area contributed by atoms with Gasteiger partial charge in [-0.1, -0.05) is 0 Å². The molecule has 2 heterocycles. The van der Waals surface area contributed by atoms with Gasteiger partial charge in [0.1, 0.15) is 0 Å². The van der Waals surface area contributed by atoms with Crippen LogP contribution in [0.3, 0.4) is 0 Å². The molecule has 1 N–H and O–H groups in total. The molecule has 0 radical (unpaired) electrons. The average molecular weight is 218 g/mol. The number of rotatable bonds is 4. The zero-order valence-corrected chi connectivity index (χ0v) is 10.0. The molecule has 2 aromatic rings. The van der Waals surface area contributed by atoms with Crippen LogP contribution in [0.25, 0.3) is 0 Å². The summed E-state index contributed by atoms with van der Waals surface area (Å²) in [5.41, 5.74) is 2.52. The highest BCUT2D eigenvalue weighted by Gasteiger charge is 2.05. The normalized spacial score (nSPS) is 12.9. The fourth-order valence-corrected chi connectivity index (χ4v) is 1.70. The lowest BCUT2D eigenvalue weighted by Crippen LogP contribution is -2.11. The Bertz CT molecular complexity index is 455. The third kappa shape index (κ3) is 2.17. The van der Waals surface area contributed by atoms with Crippen LogP contribution in [0, 0.1) is 0 Å². The highest BCUT2D eigenvalue weighted by atomic mass is 15.1. The molecule has 16 heavy (non-hydrogen) atoms. The van der Waals surface area contributed by atoms with Crippen molar-refractivity contribution in [2.45, 2.75) is 19.5 Å². The summed E-state index contributed by atoms with van der Waals surface area (Å²) in [4.78, 5) is 4.11. The molecule has 1 atom stereocenters. The molecule has 0 saturated heterocycles. The van der Waals surface area contributed by atoms with Crippen LogP contribution >= 0.6 is 0 Å². The van der Waals surface area contributed by atoms with Gasteiger partial charge in [0.25, 0.3) is 0 Å². The summed E-state index contributed by atoms with van der Waals surface area (Å²) in [6, 6.07) is 2.55. The second kappa shape index (κ2) is 4.53. The van der Waals surface area contributed by atoms with Gasteiger partial charge in [-0.15, -0.1) is 0 Å². The lowest BCUT2D eigenvalue weighted by atomic mass is 10.2. The van der Waals surface area contributed by atoms with Crippen LogP contribution in [0.5, 0.6) is 0 Å². The number of aryl methyl sites for hydroxylation is 1. The molecular weight excluding hydrogens is 200 g/mol. The van der Waals surface area contributed by atoms with Crippen molar-refractivity contribution in [1.29, 1.82) is 0 Å². The molecule has 0 aliphatic heterocycles. The van der Waals surface area contributed by atoms with E-state index < -0.39 is 0 Å². The molecule has 0 fully saturated rings. The predicted molar refractivity (Wildman–Crippen MR) is 64.2 cm³/mol. The first kappa shape index (κ1) is 11.0. The van der Waals surface area contributed by atoms with E-state index in [1.165, 1.54) is 11.3 Å². The van der Waals surface area contributed by atoms with Crippen molar-refractivity contribution in [3.05, 3.63) is 42.2 Å². The maximum absolute atomic E-state index is 4.11. The van der Waals surface area contributed by atoms with E-state index in [9.17, 15) is 0 Å². The Morgan fingerprint density at radius 3 is 2.94 bits per heavy atom. The van der Waals surface area contributed by atoms with Crippen LogP contribution in [0.1, 0.15) is 24.2 Å². The third-order valence-electron chi connectivity index (χ3n) is 2.97. The Kier molecular flexibility index (Phi) is 3.10. The van der Waals surface area contributed by atoms with E-state index >= 15 is 0 Å². The van der Waals surface area contributed by atoms with E-state index in [4.69, 9.17) is 0 Å². The summed E-state index contributed by atoms with van der Waals surface area (Å²) >= 11 is 0. The average Bonchev–Trinajstić information content (AvgIpc) is 2.89. The lowest BCUT2D eigenvalue weighted by Gasteiger charge is -2.07. The van der Waals surface area contributed by atoms with E-state index in [0.717, 1.165) is 6.54 Å². The fourth-order valence-electron chi connectivity index (χ4n) is 1.70. The van der Waals surface area contributed by atoms with Crippen molar-refractivity contribution < 1.29 is 0 Å². The lowest BCUT2D eigenvalue weighted by molar-refractivity contribution is 0.647. The first-order valence-electron chi connectivity index (χ1n) is 5.49. The molecule has 86 valence electrons. The van der Waals surface area contributed by atoms with E-state index in [-0.39, 0.29) is 0 Å². The molecule has 0 saturated carbocycles. The quantitative estimate of drug-likeness (QED) is 0.845. The monoisotopic (exact) mass is 218 g/mol. The third-order valence-corrected chi connectivity index (χ3v) is 2.97. The zero-order valence-electron chi connectivity index (χ0n) is 10.0. The van der Waals surface area contributed by atoms with E-state index in [1.807, 2.05) is 31.2 Å². The van der Waals surface area contributed by atoms with Gasteiger partial charge in [0, 0.05) is 31.7 Å². The van der Waals surface area contributed by atoms with Gasteiger partial charge in [-0.3, -0.25) is 0 Å². The minimum atomic E-state index is 0.396. The molecule has 1 unspecified atom stereocenters. The minimum absolute atomic E-state index is 0.396. The van der Waals surface area contributed by atoms with Gasteiger partial charge in [0.15, 0.2) is 0 Å². The maximum Gasteiger partial charge on any atom is 0.0946 e.